The van der Waals surface area contributed by atoms with Gasteiger partial charge in [-0.25, -0.2) is 0 Å². The first kappa shape index (κ1) is 12.8. The van der Waals surface area contributed by atoms with E-state index in [0.29, 0.717) is 10.6 Å². The van der Waals surface area contributed by atoms with Crippen molar-refractivity contribution in [3.8, 4) is 5.75 Å². The van der Waals surface area contributed by atoms with Gasteiger partial charge in [0.25, 0.3) is 0 Å². The summed E-state index contributed by atoms with van der Waals surface area (Å²) >= 11 is 4.94. The van der Waals surface area contributed by atoms with E-state index in [1.54, 1.807) is 7.05 Å². The second-order valence-corrected chi connectivity index (χ2v) is 3.40. The van der Waals surface area contributed by atoms with Crippen molar-refractivity contribution in [2.75, 3.05) is 14.2 Å². The van der Waals surface area contributed by atoms with Crippen LogP contribution < -0.4 is 10.1 Å². The van der Waals surface area contributed by atoms with Crippen LogP contribution in [0.25, 0.3) is 0 Å². The molecule has 1 rings (SSSR count). The van der Waals surface area contributed by atoms with Crippen molar-refractivity contribution in [3.05, 3.63) is 29.3 Å². The van der Waals surface area contributed by atoms with Gasteiger partial charge < -0.3 is 10.1 Å². The Hall–Kier alpha value is -1.30. The van der Waals surface area contributed by atoms with Crippen molar-refractivity contribution < 1.29 is 17.9 Å². The second-order valence-electron chi connectivity index (χ2n) is 2.99. The van der Waals surface area contributed by atoms with E-state index in [1.165, 1.54) is 13.2 Å². The third kappa shape index (κ3) is 2.63. The smallest absolute Gasteiger partial charge is 0.416 e. The van der Waals surface area contributed by atoms with Crippen LogP contribution in [0.4, 0.5) is 13.2 Å². The van der Waals surface area contributed by atoms with E-state index in [9.17, 15) is 13.2 Å². The molecule has 0 spiro atoms. The fourth-order valence-electron chi connectivity index (χ4n) is 1.19. The normalized spacial score (nSPS) is 11.1. The summed E-state index contributed by atoms with van der Waals surface area (Å²) < 4.78 is 42.1. The number of ether oxygens (including phenoxy) is 1. The van der Waals surface area contributed by atoms with Gasteiger partial charge in [0.2, 0.25) is 0 Å². The molecule has 0 aliphatic heterocycles. The van der Waals surface area contributed by atoms with E-state index in [0.717, 1.165) is 12.1 Å². The Bertz CT molecular complexity index is 404. The Balaban J connectivity index is 3.22. The standard InChI is InChI=1S/C10H10F3NOS/c1-14-9(16)7-4-3-6(10(11,12)13)5-8(7)15-2/h3-5H,1-2H3,(H,14,16). The number of hydrogen-bond donors (Lipinski definition) is 1. The first-order valence-corrected chi connectivity index (χ1v) is 4.78. The van der Waals surface area contributed by atoms with Crippen LogP contribution in [0.2, 0.25) is 0 Å². The molecule has 1 aromatic carbocycles. The van der Waals surface area contributed by atoms with Crippen molar-refractivity contribution in [2.24, 2.45) is 0 Å². The van der Waals surface area contributed by atoms with Gasteiger partial charge in [-0.05, 0) is 18.2 Å². The number of benzene rings is 1. The minimum atomic E-state index is -4.38. The zero-order chi connectivity index (χ0) is 12.3. The number of methoxy groups -OCH3 is 1. The summed E-state index contributed by atoms with van der Waals surface area (Å²) in [6.07, 6.45) is -4.38. The van der Waals surface area contributed by atoms with Gasteiger partial charge in [0, 0.05) is 7.05 Å². The maximum atomic E-state index is 12.4. The molecule has 0 aromatic heterocycles. The predicted molar refractivity (Wildman–Crippen MR) is 58.8 cm³/mol. The molecule has 2 nitrogen and oxygen atoms in total. The lowest BCUT2D eigenvalue weighted by Gasteiger charge is -2.12. The number of hydrogen-bond acceptors (Lipinski definition) is 2. The highest BCUT2D eigenvalue weighted by Crippen LogP contribution is 2.33. The van der Waals surface area contributed by atoms with Crippen LogP contribution in [-0.2, 0) is 6.18 Å². The predicted octanol–water partition coefficient (Wildman–Crippen LogP) is 2.61. The van der Waals surface area contributed by atoms with Gasteiger partial charge in [-0.2, -0.15) is 13.2 Å². The Morgan fingerprint density at radius 3 is 2.44 bits per heavy atom. The van der Waals surface area contributed by atoms with Crippen molar-refractivity contribution in [1.82, 2.24) is 5.32 Å². The van der Waals surface area contributed by atoms with Crippen molar-refractivity contribution in [1.29, 1.82) is 0 Å². The number of alkyl halides is 3. The Morgan fingerprint density at radius 1 is 1.38 bits per heavy atom. The highest BCUT2D eigenvalue weighted by molar-refractivity contribution is 7.80. The van der Waals surface area contributed by atoms with Crippen molar-refractivity contribution in [3.63, 3.8) is 0 Å². The van der Waals surface area contributed by atoms with Gasteiger partial charge in [-0.1, -0.05) is 12.2 Å². The van der Waals surface area contributed by atoms with E-state index >= 15 is 0 Å². The largest absolute Gasteiger partial charge is 0.496 e. The first-order chi connectivity index (χ1) is 7.40. The summed E-state index contributed by atoms with van der Waals surface area (Å²) in [5, 5.41) is 2.68. The average Bonchev–Trinajstić information content (AvgIpc) is 2.26. The van der Waals surface area contributed by atoms with E-state index < -0.39 is 11.7 Å². The van der Waals surface area contributed by atoms with E-state index in [-0.39, 0.29) is 5.75 Å². The topological polar surface area (TPSA) is 21.3 Å². The Labute approximate surface area is 96.4 Å². The Morgan fingerprint density at radius 2 is 2.00 bits per heavy atom. The summed E-state index contributed by atoms with van der Waals surface area (Å²) in [4.78, 5) is 0.338. The maximum Gasteiger partial charge on any atom is 0.416 e. The molecular formula is C10H10F3NOS. The van der Waals surface area contributed by atoms with Gasteiger partial charge in [0.15, 0.2) is 0 Å². The highest BCUT2D eigenvalue weighted by atomic mass is 32.1. The molecule has 0 atom stereocenters. The molecule has 0 aliphatic carbocycles. The molecular weight excluding hydrogens is 239 g/mol. The average molecular weight is 249 g/mol. The maximum absolute atomic E-state index is 12.4. The summed E-state index contributed by atoms with van der Waals surface area (Å²) in [6.45, 7) is 0. The minimum Gasteiger partial charge on any atom is -0.496 e. The minimum absolute atomic E-state index is 0.106. The molecule has 1 N–H and O–H groups in total. The van der Waals surface area contributed by atoms with Crippen LogP contribution in [0.1, 0.15) is 11.1 Å². The molecule has 0 unspecified atom stereocenters. The SMILES string of the molecule is CNC(=S)c1ccc(C(F)(F)F)cc1OC. The van der Waals surface area contributed by atoms with Crippen LogP contribution in [0.15, 0.2) is 18.2 Å². The zero-order valence-corrected chi connectivity index (χ0v) is 9.50. The molecule has 0 bridgehead atoms. The highest BCUT2D eigenvalue weighted by Gasteiger charge is 2.31. The molecule has 0 fully saturated rings. The fraction of sp³-hybridized carbons (Fsp3) is 0.300. The summed E-state index contributed by atoms with van der Waals surface area (Å²) in [5.74, 6) is 0.106. The molecule has 88 valence electrons. The lowest BCUT2D eigenvalue weighted by molar-refractivity contribution is -0.137. The molecule has 6 heteroatoms. The summed E-state index contributed by atoms with van der Waals surface area (Å²) in [7, 11) is 2.90. The number of thiocarbonyl (C=S) groups is 1. The summed E-state index contributed by atoms with van der Waals surface area (Å²) in [6, 6.07) is 3.20. The molecule has 0 heterocycles. The van der Waals surface area contributed by atoms with Gasteiger partial charge >= 0.3 is 6.18 Å². The van der Waals surface area contributed by atoms with Gasteiger partial charge in [0.1, 0.15) is 10.7 Å². The summed E-state index contributed by atoms with van der Waals surface area (Å²) in [5.41, 5.74) is -0.319. The number of nitrogens with one attached hydrogen (secondary N) is 1. The molecule has 1 aromatic rings. The van der Waals surface area contributed by atoms with E-state index in [1.807, 2.05) is 0 Å². The zero-order valence-electron chi connectivity index (χ0n) is 8.68. The van der Waals surface area contributed by atoms with Gasteiger partial charge in [-0.3, -0.25) is 0 Å². The molecule has 16 heavy (non-hydrogen) atoms. The molecule has 0 amide bonds. The number of rotatable bonds is 2. The number of halogens is 3. The van der Waals surface area contributed by atoms with E-state index in [4.69, 9.17) is 17.0 Å². The second kappa shape index (κ2) is 4.69. The third-order valence-corrected chi connectivity index (χ3v) is 2.42. The van der Waals surface area contributed by atoms with Gasteiger partial charge in [0.05, 0.1) is 18.2 Å². The van der Waals surface area contributed by atoms with Crippen LogP contribution in [-0.4, -0.2) is 19.1 Å². The van der Waals surface area contributed by atoms with E-state index in [2.05, 4.69) is 5.32 Å². The molecule has 0 aliphatic rings. The first-order valence-electron chi connectivity index (χ1n) is 4.37. The monoisotopic (exact) mass is 249 g/mol. The molecule has 0 saturated carbocycles. The van der Waals surface area contributed by atoms with Crippen LogP contribution in [0.3, 0.4) is 0 Å². The lowest BCUT2D eigenvalue weighted by Crippen LogP contribution is -2.18. The fourth-order valence-corrected chi connectivity index (χ4v) is 1.36. The Kier molecular flexibility index (Phi) is 3.74. The van der Waals surface area contributed by atoms with Gasteiger partial charge in [-0.15, -0.1) is 0 Å². The third-order valence-electron chi connectivity index (χ3n) is 2.00. The van der Waals surface area contributed by atoms with Crippen molar-refractivity contribution in [2.45, 2.75) is 6.18 Å². The van der Waals surface area contributed by atoms with Crippen LogP contribution in [0, 0.1) is 0 Å². The lowest BCUT2D eigenvalue weighted by atomic mass is 10.1. The van der Waals surface area contributed by atoms with Crippen LogP contribution in [0.5, 0.6) is 5.75 Å². The molecule has 0 radical (unpaired) electrons. The quantitative estimate of drug-likeness (QED) is 0.814. The molecule has 0 saturated heterocycles. The van der Waals surface area contributed by atoms with Crippen molar-refractivity contribution >= 4 is 17.2 Å². The van der Waals surface area contributed by atoms with Crippen LogP contribution >= 0.6 is 12.2 Å².